The van der Waals surface area contributed by atoms with Gasteiger partial charge in [-0.25, -0.2) is 0 Å². The Morgan fingerprint density at radius 2 is 1.72 bits per heavy atom. The van der Waals surface area contributed by atoms with Crippen LogP contribution in [-0.4, -0.2) is 43.4 Å². The molecule has 0 spiro atoms. The molecule has 1 aliphatic heterocycles. The van der Waals surface area contributed by atoms with Crippen molar-refractivity contribution in [2.24, 2.45) is 0 Å². The number of likely N-dealkylation sites (N-methyl/N-ethyl adjacent to an activating group) is 1. The Labute approximate surface area is 114 Å². The van der Waals surface area contributed by atoms with Gasteiger partial charge in [-0.05, 0) is 39.5 Å². The summed E-state index contributed by atoms with van der Waals surface area (Å²) in [5.41, 5.74) is 0. The maximum absolute atomic E-state index is 5.41. The van der Waals surface area contributed by atoms with Crippen LogP contribution in [0, 0.1) is 0 Å². The van der Waals surface area contributed by atoms with E-state index in [0.29, 0.717) is 6.10 Å². The van der Waals surface area contributed by atoms with Crippen LogP contribution in [0.1, 0.15) is 52.4 Å². The van der Waals surface area contributed by atoms with Crippen molar-refractivity contribution in [1.29, 1.82) is 0 Å². The van der Waals surface area contributed by atoms with Gasteiger partial charge in [-0.15, -0.1) is 6.58 Å². The predicted molar refractivity (Wildman–Crippen MR) is 78.7 cm³/mol. The first-order chi connectivity index (χ1) is 8.76. The van der Waals surface area contributed by atoms with E-state index in [-0.39, 0.29) is 0 Å². The highest BCUT2D eigenvalue weighted by atomic mass is 16.6. The second-order valence-corrected chi connectivity index (χ2v) is 5.68. The topological polar surface area (TPSA) is 12.5 Å². The molecular formula is C16H32NO+. The molecule has 0 saturated carbocycles. The molecule has 0 N–H and O–H groups in total. The Bertz CT molecular complexity index is 219. The van der Waals surface area contributed by atoms with Crippen molar-refractivity contribution in [3.63, 3.8) is 0 Å². The number of allylic oxidation sites excluding steroid dienone is 1. The number of unbranched alkanes of at least 4 members (excludes halogenated alkanes) is 5. The zero-order chi connectivity index (χ0) is 13.3. The van der Waals surface area contributed by atoms with E-state index in [9.17, 15) is 0 Å². The first-order valence-electron chi connectivity index (χ1n) is 7.84. The molecule has 0 bridgehead atoms. The minimum Gasteiger partial charge on any atom is -0.367 e. The van der Waals surface area contributed by atoms with Gasteiger partial charge in [0.25, 0.3) is 0 Å². The summed E-state index contributed by atoms with van der Waals surface area (Å²) in [6, 6.07) is 0. The Morgan fingerprint density at radius 1 is 1.11 bits per heavy atom. The van der Waals surface area contributed by atoms with E-state index in [1.807, 2.05) is 6.08 Å². The summed E-state index contributed by atoms with van der Waals surface area (Å²) in [7, 11) is 0. The summed E-state index contributed by atoms with van der Waals surface area (Å²) < 4.78 is 6.68. The van der Waals surface area contributed by atoms with Crippen LogP contribution in [0.5, 0.6) is 0 Å². The molecule has 0 radical (unpaired) electrons. The van der Waals surface area contributed by atoms with E-state index >= 15 is 0 Å². The van der Waals surface area contributed by atoms with Gasteiger partial charge in [0.2, 0.25) is 0 Å². The molecule has 2 nitrogen and oxygen atoms in total. The highest BCUT2D eigenvalue weighted by Crippen LogP contribution is 2.19. The number of quaternary nitrogens is 1. The molecule has 0 aromatic heterocycles. The highest BCUT2D eigenvalue weighted by molar-refractivity contribution is 4.68. The van der Waals surface area contributed by atoms with Gasteiger partial charge in [-0.1, -0.05) is 18.9 Å². The normalized spacial score (nSPS) is 18.9. The first-order valence-corrected chi connectivity index (χ1v) is 7.84. The molecule has 1 unspecified atom stereocenters. The fraction of sp³-hybridized carbons (Fsp3) is 0.875. The predicted octanol–water partition coefficient (Wildman–Crippen LogP) is 3.77. The molecule has 0 aromatic rings. The van der Waals surface area contributed by atoms with Gasteiger partial charge in [-0.3, -0.25) is 0 Å². The first kappa shape index (κ1) is 15.7. The molecule has 1 heterocycles. The van der Waals surface area contributed by atoms with Crippen LogP contribution in [0.3, 0.4) is 0 Å². The van der Waals surface area contributed by atoms with E-state index in [1.54, 1.807) is 0 Å². The van der Waals surface area contributed by atoms with Crippen molar-refractivity contribution in [2.75, 3.05) is 32.8 Å². The van der Waals surface area contributed by atoms with E-state index in [2.05, 4.69) is 20.4 Å². The van der Waals surface area contributed by atoms with Gasteiger partial charge in [0.05, 0.1) is 26.2 Å². The Hall–Kier alpha value is -0.340. The molecule has 1 rings (SSSR count). The van der Waals surface area contributed by atoms with E-state index in [4.69, 9.17) is 4.74 Å². The fourth-order valence-corrected chi connectivity index (χ4v) is 2.76. The third-order valence-electron chi connectivity index (χ3n) is 4.38. The maximum atomic E-state index is 5.41. The number of ether oxygens (including phenoxy) is 1. The third kappa shape index (κ3) is 6.01. The Balaban J connectivity index is 2.10. The van der Waals surface area contributed by atoms with Crippen molar-refractivity contribution >= 4 is 0 Å². The molecule has 106 valence electrons. The lowest BCUT2D eigenvalue weighted by Gasteiger charge is -2.36. The average Bonchev–Trinajstić information content (AvgIpc) is 3.20. The number of hydrogen-bond donors (Lipinski definition) is 0. The highest BCUT2D eigenvalue weighted by Gasteiger charge is 2.34. The van der Waals surface area contributed by atoms with Crippen molar-refractivity contribution in [3.8, 4) is 0 Å². The standard InChI is InChI=1S/C16H32NO/c1-4-7-8-9-10-11-12-13-17(5-2,6-3)14-16-15-18-16/h4,16H,1,5-15H2,2-3H3/q+1. The van der Waals surface area contributed by atoms with Crippen molar-refractivity contribution in [1.82, 2.24) is 0 Å². The molecule has 0 aromatic carbocycles. The van der Waals surface area contributed by atoms with E-state index in [0.717, 1.165) is 6.61 Å². The van der Waals surface area contributed by atoms with Crippen LogP contribution in [0.2, 0.25) is 0 Å². The smallest absolute Gasteiger partial charge is 0.130 e. The van der Waals surface area contributed by atoms with E-state index in [1.165, 1.54) is 69.2 Å². The molecule has 1 saturated heterocycles. The zero-order valence-corrected chi connectivity index (χ0v) is 12.5. The Morgan fingerprint density at radius 3 is 2.28 bits per heavy atom. The Kier molecular flexibility index (Phi) is 7.60. The molecule has 1 atom stereocenters. The van der Waals surface area contributed by atoms with Crippen LogP contribution < -0.4 is 0 Å². The van der Waals surface area contributed by atoms with Crippen LogP contribution in [0.25, 0.3) is 0 Å². The van der Waals surface area contributed by atoms with Gasteiger partial charge in [0.15, 0.2) is 0 Å². The number of rotatable bonds is 12. The van der Waals surface area contributed by atoms with Crippen LogP contribution in [0.4, 0.5) is 0 Å². The van der Waals surface area contributed by atoms with Crippen LogP contribution in [-0.2, 0) is 4.74 Å². The summed E-state index contributed by atoms with van der Waals surface area (Å²) in [4.78, 5) is 0. The number of nitrogens with zero attached hydrogens (tertiary/aromatic N) is 1. The second kappa shape index (κ2) is 8.71. The van der Waals surface area contributed by atoms with Gasteiger partial charge in [0.1, 0.15) is 12.6 Å². The molecule has 1 aliphatic rings. The summed E-state index contributed by atoms with van der Waals surface area (Å²) in [6.07, 6.45) is 10.6. The van der Waals surface area contributed by atoms with Gasteiger partial charge >= 0.3 is 0 Å². The summed E-state index contributed by atoms with van der Waals surface area (Å²) in [6.45, 7) is 14.5. The fourth-order valence-electron chi connectivity index (χ4n) is 2.76. The third-order valence-corrected chi connectivity index (χ3v) is 4.38. The van der Waals surface area contributed by atoms with Gasteiger partial charge in [0, 0.05) is 0 Å². The molecule has 18 heavy (non-hydrogen) atoms. The van der Waals surface area contributed by atoms with Crippen LogP contribution in [0.15, 0.2) is 12.7 Å². The summed E-state index contributed by atoms with van der Waals surface area (Å²) >= 11 is 0. The number of epoxide rings is 1. The average molecular weight is 254 g/mol. The van der Waals surface area contributed by atoms with Crippen molar-refractivity contribution in [3.05, 3.63) is 12.7 Å². The minimum absolute atomic E-state index is 0.567. The molecule has 2 heteroatoms. The summed E-state index contributed by atoms with van der Waals surface area (Å²) in [5, 5.41) is 0. The lowest BCUT2D eigenvalue weighted by Crippen LogP contribution is -2.50. The summed E-state index contributed by atoms with van der Waals surface area (Å²) in [5.74, 6) is 0. The monoisotopic (exact) mass is 254 g/mol. The SMILES string of the molecule is C=CCCCCCCC[N+](CC)(CC)CC1CO1. The van der Waals surface area contributed by atoms with E-state index < -0.39 is 0 Å². The molecular weight excluding hydrogens is 222 g/mol. The molecule has 0 aliphatic carbocycles. The van der Waals surface area contributed by atoms with Crippen molar-refractivity contribution in [2.45, 2.75) is 58.5 Å². The van der Waals surface area contributed by atoms with Gasteiger partial charge < -0.3 is 9.22 Å². The minimum atomic E-state index is 0.567. The van der Waals surface area contributed by atoms with Crippen LogP contribution >= 0.6 is 0 Å². The zero-order valence-electron chi connectivity index (χ0n) is 12.5. The van der Waals surface area contributed by atoms with Crippen molar-refractivity contribution < 1.29 is 9.22 Å². The second-order valence-electron chi connectivity index (χ2n) is 5.68. The largest absolute Gasteiger partial charge is 0.367 e. The van der Waals surface area contributed by atoms with Gasteiger partial charge in [-0.2, -0.15) is 0 Å². The maximum Gasteiger partial charge on any atom is 0.130 e. The molecule has 0 amide bonds. The lowest BCUT2D eigenvalue weighted by molar-refractivity contribution is -0.925. The molecule has 1 fully saturated rings. The number of hydrogen-bond acceptors (Lipinski definition) is 1. The quantitative estimate of drug-likeness (QED) is 0.223. The lowest BCUT2D eigenvalue weighted by atomic mass is 10.1.